The Morgan fingerprint density at radius 2 is 1.82 bits per heavy atom. The van der Waals surface area contributed by atoms with Gasteiger partial charge in [0.25, 0.3) is 0 Å². The van der Waals surface area contributed by atoms with E-state index in [1.165, 1.54) is 0 Å². The second-order valence-corrected chi connectivity index (χ2v) is 8.01. The van der Waals surface area contributed by atoms with E-state index in [4.69, 9.17) is 23.6 Å². The Morgan fingerprint density at radius 1 is 1.03 bits per heavy atom. The van der Waals surface area contributed by atoms with Gasteiger partial charge in [-0.3, -0.25) is 10.3 Å². The van der Waals surface area contributed by atoms with Crippen LogP contribution in [0.1, 0.15) is 5.56 Å². The number of nitrogens with zero attached hydrogens (tertiary/aromatic N) is 4. The van der Waals surface area contributed by atoms with Gasteiger partial charge >= 0.3 is 0 Å². The molecule has 2 aliphatic rings. The number of aromatic nitrogens is 1. The fourth-order valence-electron chi connectivity index (χ4n) is 3.96. The third-order valence-corrected chi connectivity index (χ3v) is 5.79. The molecule has 2 fully saturated rings. The summed E-state index contributed by atoms with van der Waals surface area (Å²) < 4.78 is 22.5. The van der Waals surface area contributed by atoms with Crippen molar-refractivity contribution in [1.82, 2.24) is 9.88 Å². The molecule has 0 atom stereocenters. The standard InChI is InChI=1S/C24H29N5O4/c1-2-4-22-21(3-1)19(18-33-22)17-25-27-20-15-23(29-8-12-31-13-9-29)26-24(16-20)32-14-7-28-5-10-30-11-6-28/h1-4,15-18H,5-14H2,(H,26,27)/b25-17-. The van der Waals surface area contributed by atoms with Crippen LogP contribution in [0.2, 0.25) is 0 Å². The van der Waals surface area contributed by atoms with Crippen molar-refractivity contribution in [2.75, 3.05) is 76.1 Å². The number of anilines is 2. The van der Waals surface area contributed by atoms with E-state index in [0.29, 0.717) is 25.7 Å². The zero-order valence-corrected chi connectivity index (χ0v) is 18.6. The molecule has 0 saturated carbocycles. The van der Waals surface area contributed by atoms with Crippen molar-refractivity contribution < 1.29 is 18.6 Å². The molecule has 4 heterocycles. The van der Waals surface area contributed by atoms with E-state index < -0.39 is 0 Å². The highest BCUT2D eigenvalue weighted by atomic mass is 16.5. The number of benzene rings is 1. The first-order chi connectivity index (χ1) is 16.3. The summed E-state index contributed by atoms with van der Waals surface area (Å²) in [6.45, 7) is 7.85. The zero-order valence-electron chi connectivity index (χ0n) is 18.6. The molecule has 33 heavy (non-hydrogen) atoms. The van der Waals surface area contributed by atoms with Gasteiger partial charge in [0.2, 0.25) is 5.88 Å². The monoisotopic (exact) mass is 451 g/mol. The number of furan rings is 1. The van der Waals surface area contributed by atoms with Gasteiger partial charge in [-0.15, -0.1) is 0 Å². The van der Waals surface area contributed by atoms with Crippen molar-refractivity contribution in [3.63, 3.8) is 0 Å². The van der Waals surface area contributed by atoms with E-state index in [1.54, 1.807) is 12.5 Å². The second kappa shape index (κ2) is 10.7. The smallest absolute Gasteiger partial charge is 0.217 e. The maximum absolute atomic E-state index is 6.03. The molecular weight excluding hydrogens is 422 g/mol. The SMILES string of the molecule is C(=N/Nc1cc(OCCN2CCOCC2)nc(N2CCOCC2)c1)/c1coc2ccccc12. The number of hydrazone groups is 1. The van der Waals surface area contributed by atoms with Gasteiger partial charge in [-0.1, -0.05) is 18.2 Å². The van der Waals surface area contributed by atoms with Crippen LogP contribution in [0.25, 0.3) is 11.0 Å². The lowest BCUT2D eigenvalue weighted by atomic mass is 10.2. The van der Waals surface area contributed by atoms with E-state index in [2.05, 4.69) is 20.3 Å². The number of fused-ring (bicyclic) bond motifs is 1. The van der Waals surface area contributed by atoms with Crippen molar-refractivity contribution in [1.29, 1.82) is 0 Å². The Labute approximate surface area is 192 Å². The average Bonchev–Trinajstić information content (AvgIpc) is 3.28. The molecule has 0 bridgehead atoms. The molecule has 5 rings (SSSR count). The Bertz CT molecular complexity index is 1070. The minimum atomic E-state index is 0.573. The minimum absolute atomic E-state index is 0.573. The molecule has 1 N–H and O–H groups in total. The topological polar surface area (TPSA) is 84.6 Å². The number of ether oxygens (including phenoxy) is 3. The van der Waals surface area contributed by atoms with Crippen LogP contribution in [0.5, 0.6) is 5.88 Å². The zero-order chi connectivity index (χ0) is 22.3. The van der Waals surface area contributed by atoms with Crippen molar-refractivity contribution >= 4 is 28.7 Å². The van der Waals surface area contributed by atoms with Crippen LogP contribution in [0.15, 0.2) is 52.2 Å². The van der Waals surface area contributed by atoms with Gasteiger partial charge < -0.3 is 23.5 Å². The Hall–Kier alpha value is -3.14. The van der Waals surface area contributed by atoms with Crippen LogP contribution in [0.4, 0.5) is 11.5 Å². The second-order valence-electron chi connectivity index (χ2n) is 8.01. The average molecular weight is 452 g/mol. The summed E-state index contributed by atoms with van der Waals surface area (Å²) in [6, 6.07) is 11.8. The van der Waals surface area contributed by atoms with Crippen LogP contribution in [-0.4, -0.2) is 81.9 Å². The maximum Gasteiger partial charge on any atom is 0.217 e. The van der Waals surface area contributed by atoms with Crippen LogP contribution >= 0.6 is 0 Å². The fraction of sp³-hybridized carbons (Fsp3) is 0.417. The molecule has 0 aliphatic carbocycles. The van der Waals surface area contributed by atoms with E-state index in [9.17, 15) is 0 Å². The van der Waals surface area contributed by atoms with Crippen LogP contribution in [0.3, 0.4) is 0 Å². The highest BCUT2D eigenvalue weighted by Crippen LogP contribution is 2.24. The molecule has 2 aromatic heterocycles. The molecule has 2 saturated heterocycles. The number of hydrogen-bond donors (Lipinski definition) is 1. The number of para-hydroxylation sites is 1. The fourth-order valence-corrected chi connectivity index (χ4v) is 3.96. The van der Waals surface area contributed by atoms with Crippen LogP contribution in [-0.2, 0) is 9.47 Å². The Kier molecular flexibility index (Phi) is 7.00. The third-order valence-electron chi connectivity index (χ3n) is 5.79. The number of hydrogen-bond acceptors (Lipinski definition) is 9. The van der Waals surface area contributed by atoms with E-state index in [-0.39, 0.29) is 0 Å². The molecule has 3 aromatic rings. The van der Waals surface area contributed by atoms with Crippen molar-refractivity contribution in [2.45, 2.75) is 0 Å². The predicted molar refractivity (Wildman–Crippen MR) is 127 cm³/mol. The molecule has 0 amide bonds. The summed E-state index contributed by atoms with van der Waals surface area (Å²) in [4.78, 5) is 9.28. The summed E-state index contributed by atoms with van der Waals surface area (Å²) in [5.74, 6) is 1.44. The highest BCUT2D eigenvalue weighted by Gasteiger charge is 2.15. The number of pyridine rings is 1. The lowest BCUT2D eigenvalue weighted by Gasteiger charge is -2.28. The van der Waals surface area contributed by atoms with Crippen molar-refractivity contribution in [3.8, 4) is 5.88 Å². The molecule has 0 unspecified atom stereocenters. The summed E-state index contributed by atoms with van der Waals surface area (Å²) in [5.41, 5.74) is 5.71. The van der Waals surface area contributed by atoms with Gasteiger partial charge in [-0.2, -0.15) is 10.1 Å². The number of nitrogens with one attached hydrogen (secondary N) is 1. The first-order valence-electron chi connectivity index (χ1n) is 11.4. The summed E-state index contributed by atoms with van der Waals surface area (Å²) in [6.07, 6.45) is 3.47. The Balaban J connectivity index is 1.28. The normalized spacial score (nSPS) is 17.6. The van der Waals surface area contributed by atoms with E-state index in [0.717, 1.165) is 74.0 Å². The molecule has 9 nitrogen and oxygen atoms in total. The first kappa shape index (κ1) is 21.7. The molecule has 9 heteroatoms. The van der Waals surface area contributed by atoms with E-state index in [1.807, 2.05) is 36.4 Å². The molecule has 0 spiro atoms. The first-order valence-corrected chi connectivity index (χ1v) is 11.4. The van der Waals surface area contributed by atoms with Crippen molar-refractivity contribution in [2.24, 2.45) is 5.10 Å². The van der Waals surface area contributed by atoms with Gasteiger partial charge in [-0.05, 0) is 6.07 Å². The number of rotatable bonds is 8. The van der Waals surface area contributed by atoms with Gasteiger partial charge in [-0.25, -0.2) is 0 Å². The van der Waals surface area contributed by atoms with Gasteiger partial charge in [0, 0.05) is 55.8 Å². The molecule has 1 aromatic carbocycles. The number of morpholine rings is 2. The largest absolute Gasteiger partial charge is 0.476 e. The maximum atomic E-state index is 6.03. The Morgan fingerprint density at radius 3 is 2.67 bits per heavy atom. The molecule has 174 valence electrons. The summed E-state index contributed by atoms with van der Waals surface area (Å²) >= 11 is 0. The summed E-state index contributed by atoms with van der Waals surface area (Å²) in [5, 5.41) is 5.46. The molecular formula is C24H29N5O4. The lowest BCUT2D eigenvalue weighted by Crippen LogP contribution is -2.38. The highest BCUT2D eigenvalue weighted by molar-refractivity contribution is 5.97. The quantitative estimate of drug-likeness (QED) is 0.414. The predicted octanol–water partition coefficient (Wildman–Crippen LogP) is 2.82. The van der Waals surface area contributed by atoms with Gasteiger partial charge in [0.15, 0.2) is 0 Å². The minimum Gasteiger partial charge on any atom is -0.476 e. The van der Waals surface area contributed by atoms with Crippen LogP contribution in [0, 0.1) is 0 Å². The molecule has 0 radical (unpaired) electrons. The lowest BCUT2D eigenvalue weighted by molar-refractivity contribution is 0.0320. The van der Waals surface area contributed by atoms with Crippen LogP contribution < -0.4 is 15.1 Å². The van der Waals surface area contributed by atoms with Gasteiger partial charge in [0.1, 0.15) is 24.3 Å². The summed E-state index contributed by atoms with van der Waals surface area (Å²) in [7, 11) is 0. The third kappa shape index (κ3) is 5.62. The van der Waals surface area contributed by atoms with Gasteiger partial charge in [0.05, 0.1) is 38.3 Å². The molecule has 2 aliphatic heterocycles. The van der Waals surface area contributed by atoms with E-state index >= 15 is 0 Å². The van der Waals surface area contributed by atoms with Crippen molar-refractivity contribution in [3.05, 3.63) is 48.2 Å².